The molecule has 0 fully saturated rings. The van der Waals surface area contributed by atoms with Crippen LogP contribution in [0, 0.1) is 10.1 Å². The van der Waals surface area contributed by atoms with Crippen molar-refractivity contribution in [1.29, 1.82) is 0 Å². The van der Waals surface area contributed by atoms with Gasteiger partial charge in [-0.1, -0.05) is 24.3 Å². The van der Waals surface area contributed by atoms with E-state index in [0.29, 0.717) is 6.54 Å². The number of rotatable bonds is 7. The molecule has 0 aliphatic carbocycles. The molecule has 0 unspecified atom stereocenters. The molecule has 0 atom stereocenters. The molecule has 24 heavy (non-hydrogen) atoms. The Morgan fingerprint density at radius 3 is 2.67 bits per heavy atom. The van der Waals surface area contributed by atoms with Gasteiger partial charge in [0.2, 0.25) is 0 Å². The molecule has 0 spiro atoms. The highest BCUT2D eigenvalue weighted by atomic mass is 32.1. The highest BCUT2D eigenvalue weighted by Gasteiger charge is 2.18. The van der Waals surface area contributed by atoms with Crippen LogP contribution in [0.4, 0.5) is 5.69 Å². The van der Waals surface area contributed by atoms with E-state index >= 15 is 0 Å². The third kappa shape index (κ3) is 4.88. The number of nitro benzene ring substituents is 1. The van der Waals surface area contributed by atoms with Crippen LogP contribution in [0.25, 0.3) is 0 Å². The molecule has 7 nitrogen and oxygen atoms in total. The van der Waals surface area contributed by atoms with Gasteiger partial charge in [0.1, 0.15) is 0 Å². The third-order valence-corrected chi connectivity index (χ3v) is 4.14. The molecule has 2 aromatic rings. The van der Waals surface area contributed by atoms with Crippen LogP contribution in [-0.2, 0) is 27.3 Å². The van der Waals surface area contributed by atoms with Crippen LogP contribution in [0.3, 0.4) is 0 Å². The van der Waals surface area contributed by atoms with E-state index in [1.165, 1.54) is 34.4 Å². The predicted octanol–water partition coefficient (Wildman–Crippen LogP) is 2.40. The van der Waals surface area contributed by atoms with E-state index in [0.717, 1.165) is 4.88 Å². The van der Waals surface area contributed by atoms with Crippen LogP contribution in [0.15, 0.2) is 41.8 Å². The molecular weight excluding hydrogens is 332 g/mol. The first kappa shape index (κ1) is 17.6. The lowest BCUT2D eigenvalue weighted by Gasteiger charge is -2.16. The van der Waals surface area contributed by atoms with Crippen molar-refractivity contribution >= 4 is 28.9 Å². The van der Waals surface area contributed by atoms with Crippen molar-refractivity contribution in [3.05, 3.63) is 62.3 Å². The molecule has 0 N–H and O–H groups in total. The predicted molar refractivity (Wildman–Crippen MR) is 88.6 cm³/mol. The van der Waals surface area contributed by atoms with Gasteiger partial charge in [-0.2, -0.15) is 0 Å². The fraction of sp³-hybridized carbons (Fsp3) is 0.250. The Balaban J connectivity index is 1.85. The van der Waals surface area contributed by atoms with E-state index in [-0.39, 0.29) is 30.2 Å². The normalized spacial score (nSPS) is 10.2. The maximum Gasteiger partial charge on any atom is 0.311 e. The van der Waals surface area contributed by atoms with Crippen LogP contribution < -0.4 is 0 Å². The minimum absolute atomic E-state index is 0.143. The summed E-state index contributed by atoms with van der Waals surface area (Å²) in [6, 6.07) is 9.75. The van der Waals surface area contributed by atoms with E-state index < -0.39 is 10.9 Å². The first-order valence-electron chi connectivity index (χ1n) is 7.11. The van der Waals surface area contributed by atoms with Gasteiger partial charge in [0.25, 0.3) is 11.6 Å². The molecule has 0 saturated carbocycles. The van der Waals surface area contributed by atoms with Gasteiger partial charge in [-0.25, -0.2) is 0 Å². The maximum atomic E-state index is 11.9. The quantitative estimate of drug-likeness (QED) is 0.435. The Hall–Kier alpha value is -2.74. The lowest BCUT2D eigenvalue weighted by atomic mass is 10.1. The van der Waals surface area contributed by atoms with Crippen molar-refractivity contribution in [2.45, 2.75) is 13.0 Å². The monoisotopic (exact) mass is 348 g/mol. The SMILES string of the molecule is CN(Cc1cccs1)C(=O)COC(=O)Cc1ccccc1[N+](=O)[O-]. The molecule has 1 amide bonds. The van der Waals surface area contributed by atoms with Gasteiger partial charge in [0, 0.05) is 23.6 Å². The van der Waals surface area contributed by atoms with E-state index in [1.807, 2.05) is 17.5 Å². The number of carbonyl (C=O) groups excluding carboxylic acids is 2. The van der Waals surface area contributed by atoms with Gasteiger partial charge in [0.15, 0.2) is 6.61 Å². The number of esters is 1. The molecule has 1 aromatic carbocycles. The Bertz CT molecular complexity index is 730. The van der Waals surface area contributed by atoms with E-state index in [2.05, 4.69) is 0 Å². The van der Waals surface area contributed by atoms with E-state index in [1.54, 1.807) is 13.1 Å². The van der Waals surface area contributed by atoms with Crippen molar-refractivity contribution in [2.24, 2.45) is 0 Å². The lowest BCUT2D eigenvalue weighted by Crippen LogP contribution is -2.30. The Morgan fingerprint density at radius 1 is 1.25 bits per heavy atom. The number of hydrogen-bond donors (Lipinski definition) is 0. The van der Waals surface area contributed by atoms with Crippen molar-refractivity contribution < 1.29 is 19.2 Å². The second-order valence-electron chi connectivity index (χ2n) is 5.05. The van der Waals surface area contributed by atoms with Crippen LogP contribution in [0.5, 0.6) is 0 Å². The zero-order valence-electron chi connectivity index (χ0n) is 13.0. The minimum atomic E-state index is -0.679. The number of nitrogens with zero attached hydrogens (tertiary/aromatic N) is 2. The molecule has 8 heteroatoms. The number of thiophene rings is 1. The molecule has 0 radical (unpaired) electrons. The second-order valence-corrected chi connectivity index (χ2v) is 6.08. The van der Waals surface area contributed by atoms with Crippen molar-refractivity contribution in [3.8, 4) is 0 Å². The summed E-state index contributed by atoms with van der Waals surface area (Å²) in [5, 5.41) is 12.8. The number of benzene rings is 1. The summed E-state index contributed by atoms with van der Waals surface area (Å²) < 4.78 is 4.93. The molecule has 126 valence electrons. The molecular formula is C16H16N2O5S. The molecule has 0 saturated heterocycles. The third-order valence-electron chi connectivity index (χ3n) is 3.28. The van der Waals surface area contributed by atoms with Gasteiger partial charge in [-0.05, 0) is 11.4 Å². The smallest absolute Gasteiger partial charge is 0.311 e. The zero-order valence-corrected chi connectivity index (χ0v) is 13.8. The Morgan fingerprint density at radius 2 is 2.00 bits per heavy atom. The molecule has 0 aliphatic rings. The van der Waals surface area contributed by atoms with Crippen molar-refractivity contribution in [1.82, 2.24) is 4.90 Å². The highest BCUT2D eigenvalue weighted by Crippen LogP contribution is 2.18. The number of para-hydroxylation sites is 1. The topological polar surface area (TPSA) is 89.8 Å². The maximum absolute atomic E-state index is 11.9. The summed E-state index contributed by atoms with van der Waals surface area (Å²) in [4.78, 5) is 36.6. The molecule has 1 aromatic heterocycles. The van der Waals surface area contributed by atoms with Gasteiger partial charge in [-0.15, -0.1) is 11.3 Å². The van der Waals surface area contributed by atoms with Crippen LogP contribution in [0.2, 0.25) is 0 Å². The van der Waals surface area contributed by atoms with Gasteiger partial charge in [0.05, 0.1) is 17.9 Å². The number of amides is 1. The lowest BCUT2D eigenvalue weighted by molar-refractivity contribution is -0.385. The molecule has 1 heterocycles. The first-order chi connectivity index (χ1) is 11.5. The first-order valence-corrected chi connectivity index (χ1v) is 7.99. The van der Waals surface area contributed by atoms with Crippen molar-refractivity contribution in [2.75, 3.05) is 13.7 Å². The van der Waals surface area contributed by atoms with E-state index in [9.17, 15) is 19.7 Å². The minimum Gasteiger partial charge on any atom is -0.455 e. The standard InChI is InChI=1S/C16H16N2O5S/c1-17(10-13-6-4-8-24-13)15(19)11-23-16(20)9-12-5-2-3-7-14(12)18(21)22/h2-8H,9-11H2,1H3. The fourth-order valence-electron chi connectivity index (χ4n) is 2.02. The Kier molecular flexibility index (Phi) is 6.02. The average Bonchev–Trinajstić information content (AvgIpc) is 3.05. The molecule has 0 bridgehead atoms. The highest BCUT2D eigenvalue weighted by molar-refractivity contribution is 7.09. The summed E-state index contributed by atoms with van der Waals surface area (Å²) in [6.45, 7) is 0.0551. The second kappa shape index (κ2) is 8.21. The summed E-state index contributed by atoms with van der Waals surface area (Å²) in [5.41, 5.74) is 0.113. The largest absolute Gasteiger partial charge is 0.455 e. The summed E-state index contributed by atoms with van der Waals surface area (Å²) >= 11 is 1.53. The zero-order chi connectivity index (χ0) is 17.5. The average molecular weight is 348 g/mol. The summed E-state index contributed by atoms with van der Waals surface area (Å²) in [6.07, 6.45) is -0.251. The van der Waals surface area contributed by atoms with Gasteiger partial charge >= 0.3 is 5.97 Å². The van der Waals surface area contributed by atoms with Crippen LogP contribution in [-0.4, -0.2) is 35.4 Å². The molecule has 0 aliphatic heterocycles. The number of carbonyl (C=O) groups is 2. The fourth-order valence-corrected chi connectivity index (χ4v) is 2.78. The number of likely N-dealkylation sites (N-methyl/N-ethyl adjacent to an activating group) is 1. The van der Waals surface area contributed by atoms with Crippen LogP contribution in [0.1, 0.15) is 10.4 Å². The Labute approximate surface area is 142 Å². The van der Waals surface area contributed by atoms with Gasteiger partial charge < -0.3 is 9.64 Å². The number of nitro groups is 1. The summed E-state index contributed by atoms with van der Waals surface area (Å²) in [5.74, 6) is -1.01. The number of hydrogen-bond acceptors (Lipinski definition) is 6. The van der Waals surface area contributed by atoms with Gasteiger partial charge in [-0.3, -0.25) is 19.7 Å². The van der Waals surface area contributed by atoms with Crippen LogP contribution >= 0.6 is 11.3 Å². The molecule has 2 rings (SSSR count). The van der Waals surface area contributed by atoms with E-state index in [4.69, 9.17) is 4.74 Å². The summed E-state index contributed by atoms with van der Waals surface area (Å²) in [7, 11) is 1.62. The van der Waals surface area contributed by atoms with Crippen molar-refractivity contribution in [3.63, 3.8) is 0 Å². The number of ether oxygens (including phenoxy) is 1.